The number of hydrogen-bond donors (Lipinski definition) is 2. The summed E-state index contributed by atoms with van der Waals surface area (Å²) in [6, 6.07) is 16.9. The Morgan fingerprint density at radius 3 is 2.36 bits per heavy atom. The summed E-state index contributed by atoms with van der Waals surface area (Å²) < 4.78 is 2.22. The second-order valence-electron chi connectivity index (χ2n) is 7.15. The lowest BCUT2D eigenvalue weighted by Crippen LogP contribution is -2.25. The first-order chi connectivity index (χ1) is 12.0. The summed E-state index contributed by atoms with van der Waals surface area (Å²) in [5.41, 5.74) is 6.09. The highest BCUT2D eigenvalue weighted by atomic mass is 16.3. The summed E-state index contributed by atoms with van der Waals surface area (Å²) in [5.74, 6) is 0.535. The first kappa shape index (κ1) is 17.6. The molecule has 2 aromatic carbocycles. The lowest BCUT2D eigenvalue weighted by atomic mass is 10.0. The van der Waals surface area contributed by atoms with Gasteiger partial charge in [0, 0.05) is 28.8 Å². The maximum Gasteiger partial charge on any atom is 0.0891 e. The Morgan fingerprint density at radius 1 is 1.00 bits per heavy atom. The zero-order valence-corrected chi connectivity index (χ0v) is 15.6. The lowest BCUT2D eigenvalue weighted by molar-refractivity contribution is 0.167. The van der Waals surface area contributed by atoms with E-state index in [0.717, 1.165) is 5.69 Å². The van der Waals surface area contributed by atoms with Gasteiger partial charge in [0.15, 0.2) is 0 Å². The van der Waals surface area contributed by atoms with Crippen LogP contribution in [-0.4, -0.2) is 22.3 Å². The zero-order valence-electron chi connectivity index (χ0n) is 15.6. The second kappa shape index (κ2) is 7.32. The fourth-order valence-corrected chi connectivity index (χ4v) is 3.34. The molecule has 0 saturated carbocycles. The second-order valence-corrected chi connectivity index (χ2v) is 7.15. The largest absolute Gasteiger partial charge is 0.389 e. The van der Waals surface area contributed by atoms with Crippen molar-refractivity contribution in [3.8, 4) is 0 Å². The van der Waals surface area contributed by atoms with Gasteiger partial charge in [0.1, 0.15) is 0 Å². The summed E-state index contributed by atoms with van der Waals surface area (Å²) in [6.07, 6.45) is -0.446. The molecular weight excluding hydrogens is 308 g/mol. The normalized spacial score (nSPS) is 12.7. The predicted octanol–water partition coefficient (Wildman–Crippen LogP) is 4.85. The highest BCUT2D eigenvalue weighted by Gasteiger charge is 2.13. The molecule has 1 unspecified atom stereocenters. The summed E-state index contributed by atoms with van der Waals surface area (Å²) in [7, 11) is 0. The fraction of sp³-hybridized carbons (Fsp3) is 0.364. The van der Waals surface area contributed by atoms with Crippen LogP contribution in [0.2, 0.25) is 0 Å². The van der Waals surface area contributed by atoms with E-state index in [1.807, 2.05) is 0 Å². The van der Waals surface area contributed by atoms with E-state index in [9.17, 15) is 5.11 Å². The highest BCUT2D eigenvalue weighted by Crippen LogP contribution is 2.25. The molecule has 2 N–H and O–H groups in total. The van der Waals surface area contributed by atoms with Crippen LogP contribution in [0, 0.1) is 13.8 Å². The zero-order chi connectivity index (χ0) is 18.0. The van der Waals surface area contributed by atoms with Gasteiger partial charge in [0.25, 0.3) is 0 Å². The molecule has 0 radical (unpaired) electrons. The Kier molecular flexibility index (Phi) is 5.14. The third-order valence-electron chi connectivity index (χ3n) is 5.06. The summed E-state index contributed by atoms with van der Waals surface area (Å²) >= 11 is 0. The van der Waals surface area contributed by atoms with Crippen molar-refractivity contribution in [3.63, 3.8) is 0 Å². The number of nitrogens with zero attached hydrogens (tertiary/aromatic N) is 1. The van der Waals surface area contributed by atoms with E-state index >= 15 is 0 Å². The number of fused-ring (bicyclic) bond motifs is 1. The van der Waals surface area contributed by atoms with Crippen molar-refractivity contribution in [1.82, 2.24) is 4.57 Å². The van der Waals surface area contributed by atoms with Gasteiger partial charge >= 0.3 is 0 Å². The first-order valence-electron chi connectivity index (χ1n) is 9.03. The first-order valence-corrected chi connectivity index (χ1v) is 9.03. The molecule has 3 nitrogen and oxygen atoms in total. The number of aliphatic hydroxyl groups excluding tert-OH is 1. The standard InChI is InChI=1S/C22H28N2O/c1-15(2)18-9-11-19(12-10-18)23-13-20(25)14-24-17(4)16(3)21-7-5-6-8-22(21)24/h5-12,15,20,23,25H,13-14H2,1-4H3. The quantitative estimate of drug-likeness (QED) is 0.675. The van der Waals surface area contributed by atoms with Crippen molar-refractivity contribution in [2.24, 2.45) is 0 Å². The number of aryl methyl sites for hydroxylation is 1. The van der Waals surface area contributed by atoms with Gasteiger partial charge in [-0.2, -0.15) is 0 Å². The minimum atomic E-state index is -0.446. The maximum absolute atomic E-state index is 10.5. The Labute approximate surface area is 150 Å². The minimum Gasteiger partial charge on any atom is -0.389 e. The number of aliphatic hydroxyl groups is 1. The molecule has 25 heavy (non-hydrogen) atoms. The van der Waals surface area contributed by atoms with Gasteiger partial charge in [-0.3, -0.25) is 0 Å². The van der Waals surface area contributed by atoms with Crippen LogP contribution in [0.3, 0.4) is 0 Å². The molecule has 0 aliphatic rings. The summed E-state index contributed by atoms with van der Waals surface area (Å²) in [6.45, 7) is 9.79. The van der Waals surface area contributed by atoms with Gasteiger partial charge < -0.3 is 15.0 Å². The predicted molar refractivity (Wildman–Crippen MR) is 106 cm³/mol. The summed E-state index contributed by atoms with van der Waals surface area (Å²) in [5, 5.41) is 15.1. The van der Waals surface area contributed by atoms with E-state index < -0.39 is 6.10 Å². The van der Waals surface area contributed by atoms with Crippen molar-refractivity contribution < 1.29 is 5.11 Å². The number of aromatic nitrogens is 1. The Balaban J connectivity index is 1.67. The lowest BCUT2D eigenvalue weighted by Gasteiger charge is -2.16. The average molecular weight is 336 g/mol. The monoisotopic (exact) mass is 336 g/mol. The maximum atomic E-state index is 10.5. The Bertz CT molecular complexity index is 846. The van der Waals surface area contributed by atoms with Crippen LogP contribution in [0.5, 0.6) is 0 Å². The molecule has 0 bridgehead atoms. The van der Waals surface area contributed by atoms with Crippen LogP contribution in [0.25, 0.3) is 10.9 Å². The fourth-order valence-electron chi connectivity index (χ4n) is 3.34. The van der Waals surface area contributed by atoms with E-state index in [2.05, 4.69) is 86.1 Å². The molecule has 0 fully saturated rings. The molecule has 0 aliphatic carbocycles. The molecule has 3 aromatic rings. The van der Waals surface area contributed by atoms with Gasteiger partial charge in [0.2, 0.25) is 0 Å². The third kappa shape index (κ3) is 3.72. The summed E-state index contributed by atoms with van der Waals surface area (Å²) in [4.78, 5) is 0. The van der Waals surface area contributed by atoms with E-state index in [1.54, 1.807) is 0 Å². The molecule has 1 atom stereocenters. The van der Waals surface area contributed by atoms with Crippen LogP contribution in [-0.2, 0) is 6.54 Å². The van der Waals surface area contributed by atoms with Gasteiger partial charge in [-0.1, -0.05) is 44.2 Å². The molecule has 132 valence electrons. The highest BCUT2D eigenvalue weighted by molar-refractivity contribution is 5.85. The molecule has 0 amide bonds. The van der Waals surface area contributed by atoms with E-state index in [0.29, 0.717) is 19.0 Å². The third-order valence-corrected chi connectivity index (χ3v) is 5.06. The number of para-hydroxylation sites is 1. The molecule has 0 aliphatic heterocycles. The number of benzene rings is 2. The van der Waals surface area contributed by atoms with Gasteiger partial charge in [-0.25, -0.2) is 0 Å². The topological polar surface area (TPSA) is 37.2 Å². The van der Waals surface area contributed by atoms with Gasteiger partial charge in [0.05, 0.1) is 12.6 Å². The molecule has 3 rings (SSSR count). The van der Waals surface area contributed by atoms with Crippen LogP contribution < -0.4 is 5.32 Å². The number of rotatable bonds is 6. The molecule has 0 saturated heterocycles. The Morgan fingerprint density at radius 2 is 1.68 bits per heavy atom. The minimum absolute atomic E-state index is 0.446. The smallest absolute Gasteiger partial charge is 0.0891 e. The molecule has 1 heterocycles. The molecular formula is C22H28N2O. The average Bonchev–Trinajstić information content (AvgIpc) is 2.85. The molecule has 1 aromatic heterocycles. The van der Waals surface area contributed by atoms with Gasteiger partial charge in [-0.15, -0.1) is 0 Å². The van der Waals surface area contributed by atoms with E-state index in [4.69, 9.17) is 0 Å². The number of hydrogen-bond acceptors (Lipinski definition) is 2. The molecule has 3 heteroatoms. The molecule has 0 spiro atoms. The van der Waals surface area contributed by atoms with Crippen molar-refractivity contribution in [2.75, 3.05) is 11.9 Å². The van der Waals surface area contributed by atoms with Crippen LogP contribution in [0.1, 0.15) is 36.6 Å². The van der Waals surface area contributed by atoms with Crippen LogP contribution >= 0.6 is 0 Å². The van der Waals surface area contributed by atoms with Gasteiger partial charge in [-0.05, 0) is 49.1 Å². The van der Waals surface area contributed by atoms with Crippen LogP contribution in [0.15, 0.2) is 48.5 Å². The number of nitrogens with one attached hydrogen (secondary N) is 1. The van der Waals surface area contributed by atoms with E-state index in [-0.39, 0.29) is 0 Å². The Hall–Kier alpha value is -2.26. The van der Waals surface area contributed by atoms with Crippen LogP contribution in [0.4, 0.5) is 5.69 Å². The van der Waals surface area contributed by atoms with E-state index in [1.165, 1.54) is 27.7 Å². The van der Waals surface area contributed by atoms with Crippen molar-refractivity contribution in [2.45, 2.75) is 46.3 Å². The number of anilines is 1. The van der Waals surface area contributed by atoms with Crippen molar-refractivity contribution in [1.29, 1.82) is 0 Å². The SMILES string of the molecule is Cc1c(C)n(CC(O)CNc2ccc(C(C)C)cc2)c2ccccc12. The van der Waals surface area contributed by atoms with Crippen molar-refractivity contribution in [3.05, 3.63) is 65.4 Å². The van der Waals surface area contributed by atoms with Crippen molar-refractivity contribution >= 4 is 16.6 Å².